The molecule has 1 aliphatic rings. The monoisotopic (exact) mass is 236 g/mol. The molecule has 1 unspecified atom stereocenters. The predicted octanol–water partition coefficient (Wildman–Crippen LogP) is 0.290. The molecular formula is C12H16N2O3. The van der Waals surface area contributed by atoms with Crippen molar-refractivity contribution in [3.05, 3.63) is 24.3 Å². The summed E-state index contributed by atoms with van der Waals surface area (Å²) in [5, 5.41) is 2.71. The molecule has 0 aromatic heterocycles. The van der Waals surface area contributed by atoms with Crippen LogP contribution in [0.1, 0.15) is 6.92 Å². The maximum atomic E-state index is 11.3. The van der Waals surface area contributed by atoms with E-state index < -0.39 is 6.04 Å². The molecular weight excluding hydrogens is 220 g/mol. The second kappa shape index (κ2) is 5.05. The Morgan fingerprint density at radius 2 is 2.24 bits per heavy atom. The smallest absolute Gasteiger partial charge is 0.236 e. The summed E-state index contributed by atoms with van der Waals surface area (Å²) in [6.45, 7) is 2.47. The van der Waals surface area contributed by atoms with E-state index in [-0.39, 0.29) is 12.0 Å². The molecule has 0 aliphatic carbocycles. The van der Waals surface area contributed by atoms with Crippen molar-refractivity contribution in [3.63, 3.8) is 0 Å². The fraction of sp³-hybridized carbons (Fsp3) is 0.417. The minimum absolute atomic E-state index is 0.174. The van der Waals surface area contributed by atoms with Gasteiger partial charge in [0.2, 0.25) is 5.91 Å². The van der Waals surface area contributed by atoms with Gasteiger partial charge in [0.25, 0.3) is 0 Å². The number of benzene rings is 1. The molecule has 0 saturated carbocycles. The fourth-order valence-corrected chi connectivity index (χ4v) is 1.54. The number of hydrogen-bond acceptors (Lipinski definition) is 4. The number of fused-ring (bicyclic) bond motifs is 1. The summed E-state index contributed by atoms with van der Waals surface area (Å²) in [4.78, 5) is 11.3. The molecule has 1 heterocycles. The first kappa shape index (κ1) is 11.7. The second-order valence-electron chi connectivity index (χ2n) is 4.03. The molecule has 2 rings (SSSR count). The maximum Gasteiger partial charge on any atom is 0.236 e. The molecule has 1 amide bonds. The third-order valence-corrected chi connectivity index (χ3v) is 2.49. The Labute approximate surface area is 99.9 Å². The number of hydrogen-bond donors (Lipinski definition) is 2. The molecule has 0 bridgehead atoms. The molecule has 0 spiro atoms. The molecule has 0 saturated heterocycles. The summed E-state index contributed by atoms with van der Waals surface area (Å²) < 4.78 is 11.2. The van der Waals surface area contributed by atoms with Gasteiger partial charge in [0.15, 0.2) is 11.5 Å². The Hall–Kier alpha value is -1.75. The third-order valence-electron chi connectivity index (χ3n) is 2.49. The van der Waals surface area contributed by atoms with Crippen LogP contribution in [0.4, 0.5) is 0 Å². The van der Waals surface area contributed by atoms with E-state index >= 15 is 0 Å². The lowest BCUT2D eigenvalue weighted by Gasteiger charge is -2.26. The van der Waals surface area contributed by atoms with Gasteiger partial charge in [-0.05, 0) is 19.1 Å². The van der Waals surface area contributed by atoms with E-state index in [0.717, 1.165) is 5.75 Å². The van der Waals surface area contributed by atoms with Crippen LogP contribution in [0.3, 0.4) is 0 Å². The van der Waals surface area contributed by atoms with Crippen molar-refractivity contribution in [1.82, 2.24) is 5.32 Å². The van der Waals surface area contributed by atoms with E-state index in [1.807, 2.05) is 24.3 Å². The molecule has 1 aliphatic heterocycles. The van der Waals surface area contributed by atoms with Gasteiger partial charge in [0.1, 0.15) is 12.7 Å². The van der Waals surface area contributed by atoms with Crippen LogP contribution in [-0.4, -0.2) is 31.2 Å². The van der Waals surface area contributed by atoms with Crippen LogP contribution < -0.4 is 20.5 Å². The Morgan fingerprint density at radius 1 is 1.53 bits per heavy atom. The molecule has 3 N–H and O–H groups in total. The van der Waals surface area contributed by atoms with Gasteiger partial charge in [-0.3, -0.25) is 4.79 Å². The standard InChI is InChI=1S/C12H16N2O3/c1-8(13)12(15)14-6-9-7-16-10-4-2-3-5-11(10)17-9/h2-5,8-9H,6-7,13H2,1H3,(H,14,15)/t8?,9-/m0/s1. The lowest BCUT2D eigenvalue weighted by Crippen LogP contribution is -2.45. The zero-order valence-corrected chi connectivity index (χ0v) is 9.68. The number of ether oxygens (including phenoxy) is 2. The van der Waals surface area contributed by atoms with Crippen LogP contribution in [-0.2, 0) is 4.79 Å². The molecule has 0 fully saturated rings. The number of nitrogens with two attached hydrogens (primary N) is 1. The van der Waals surface area contributed by atoms with Crippen LogP contribution in [0, 0.1) is 0 Å². The van der Waals surface area contributed by atoms with Crippen LogP contribution in [0.25, 0.3) is 0 Å². The summed E-state index contributed by atoms with van der Waals surface area (Å²) in [6.07, 6.45) is -0.174. The average Bonchev–Trinajstić information content (AvgIpc) is 2.35. The zero-order valence-electron chi connectivity index (χ0n) is 9.68. The Balaban J connectivity index is 1.88. The van der Waals surface area contributed by atoms with E-state index in [4.69, 9.17) is 15.2 Å². The molecule has 17 heavy (non-hydrogen) atoms. The number of nitrogens with one attached hydrogen (secondary N) is 1. The van der Waals surface area contributed by atoms with Crippen molar-refractivity contribution < 1.29 is 14.3 Å². The molecule has 1 aromatic rings. The van der Waals surface area contributed by atoms with Crippen molar-refractivity contribution in [2.75, 3.05) is 13.2 Å². The number of carbonyl (C=O) groups is 1. The van der Waals surface area contributed by atoms with Crippen molar-refractivity contribution >= 4 is 5.91 Å². The zero-order chi connectivity index (χ0) is 12.3. The normalized spacial score (nSPS) is 19.5. The first-order chi connectivity index (χ1) is 8.16. The van der Waals surface area contributed by atoms with Crippen molar-refractivity contribution in [2.24, 2.45) is 5.73 Å². The highest BCUT2D eigenvalue weighted by molar-refractivity contribution is 5.80. The largest absolute Gasteiger partial charge is 0.486 e. The van der Waals surface area contributed by atoms with Gasteiger partial charge >= 0.3 is 0 Å². The summed E-state index contributed by atoms with van der Waals surface area (Å²) in [5.74, 6) is 1.26. The van der Waals surface area contributed by atoms with Gasteiger partial charge in [-0.1, -0.05) is 12.1 Å². The lowest BCUT2D eigenvalue weighted by molar-refractivity contribution is -0.122. The van der Waals surface area contributed by atoms with E-state index in [1.54, 1.807) is 6.92 Å². The third kappa shape index (κ3) is 2.88. The number of para-hydroxylation sites is 2. The summed E-state index contributed by atoms with van der Waals surface area (Å²) in [5.41, 5.74) is 5.44. The molecule has 5 nitrogen and oxygen atoms in total. The first-order valence-electron chi connectivity index (χ1n) is 5.58. The van der Waals surface area contributed by atoms with Crippen LogP contribution >= 0.6 is 0 Å². The lowest BCUT2D eigenvalue weighted by atomic mass is 10.2. The highest BCUT2D eigenvalue weighted by atomic mass is 16.6. The Kier molecular flexibility index (Phi) is 3.49. The van der Waals surface area contributed by atoms with Crippen molar-refractivity contribution in [1.29, 1.82) is 0 Å². The van der Waals surface area contributed by atoms with E-state index in [9.17, 15) is 4.79 Å². The van der Waals surface area contributed by atoms with E-state index in [2.05, 4.69) is 5.32 Å². The highest BCUT2D eigenvalue weighted by Crippen LogP contribution is 2.30. The summed E-state index contributed by atoms with van der Waals surface area (Å²) in [7, 11) is 0. The van der Waals surface area contributed by atoms with Crippen molar-refractivity contribution in [2.45, 2.75) is 19.1 Å². The minimum Gasteiger partial charge on any atom is -0.486 e. The predicted molar refractivity (Wildman–Crippen MR) is 63.0 cm³/mol. The fourth-order valence-electron chi connectivity index (χ4n) is 1.54. The van der Waals surface area contributed by atoms with Gasteiger partial charge in [0.05, 0.1) is 12.6 Å². The molecule has 5 heteroatoms. The van der Waals surface area contributed by atoms with Gasteiger partial charge in [-0.25, -0.2) is 0 Å². The molecule has 2 atom stereocenters. The molecule has 92 valence electrons. The average molecular weight is 236 g/mol. The van der Waals surface area contributed by atoms with Crippen LogP contribution in [0.2, 0.25) is 0 Å². The SMILES string of the molecule is CC(N)C(=O)NC[C@H]1COc2ccccc2O1. The summed E-state index contributed by atoms with van der Waals surface area (Å²) in [6, 6.07) is 6.96. The van der Waals surface area contributed by atoms with Crippen LogP contribution in [0.5, 0.6) is 11.5 Å². The van der Waals surface area contributed by atoms with Gasteiger partial charge < -0.3 is 20.5 Å². The second-order valence-corrected chi connectivity index (χ2v) is 4.03. The van der Waals surface area contributed by atoms with Crippen LogP contribution in [0.15, 0.2) is 24.3 Å². The molecule has 0 radical (unpaired) electrons. The van der Waals surface area contributed by atoms with E-state index in [0.29, 0.717) is 18.9 Å². The van der Waals surface area contributed by atoms with Gasteiger partial charge in [0, 0.05) is 0 Å². The highest BCUT2D eigenvalue weighted by Gasteiger charge is 2.21. The first-order valence-corrected chi connectivity index (χ1v) is 5.58. The number of rotatable bonds is 3. The molecule has 1 aromatic carbocycles. The number of carbonyl (C=O) groups excluding carboxylic acids is 1. The van der Waals surface area contributed by atoms with Gasteiger partial charge in [-0.2, -0.15) is 0 Å². The van der Waals surface area contributed by atoms with E-state index in [1.165, 1.54) is 0 Å². The van der Waals surface area contributed by atoms with Crippen molar-refractivity contribution in [3.8, 4) is 11.5 Å². The number of amides is 1. The topological polar surface area (TPSA) is 73.6 Å². The quantitative estimate of drug-likeness (QED) is 0.791. The Morgan fingerprint density at radius 3 is 2.94 bits per heavy atom. The Bertz CT molecular complexity index is 406. The summed E-state index contributed by atoms with van der Waals surface area (Å²) >= 11 is 0. The van der Waals surface area contributed by atoms with Gasteiger partial charge in [-0.15, -0.1) is 0 Å². The maximum absolute atomic E-state index is 11.3. The minimum atomic E-state index is -0.508.